The molecule has 1 heterocycles. The van der Waals surface area contributed by atoms with E-state index in [1.54, 1.807) is 0 Å². The first-order valence-electron chi connectivity index (χ1n) is 9.44. The molecule has 150 valence electrons. The molecule has 1 N–H and O–H groups in total. The summed E-state index contributed by atoms with van der Waals surface area (Å²) >= 11 is 0. The van der Waals surface area contributed by atoms with E-state index in [2.05, 4.69) is 19.2 Å². The largest absolute Gasteiger partial charge is 0.326 e. The van der Waals surface area contributed by atoms with Crippen LogP contribution in [0, 0.1) is 11.7 Å². The molecular formula is C21H25FN2O3S. The zero-order valence-electron chi connectivity index (χ0n) is 16.1. The number of halogens is 1. The van der Waals surface area contributed by atoms with E-state index in [0.717, 1.165) is 12.1 Å². The molecule has 0 radical (unpaired) electrons. The second kappa shape index (κ2) is 8.41. The Labute approximate surface area is 165 Å². The Bertz CT molecular complexity index is 925. The number of carbonyl (C=O) groups excluding carboxylic acids is 1. The molecule has 1 atom stereocenters. The summed E-state index contributed by atoms with van der Waals surface area (Å²) in [5.74, 6) is -0.684. The SMILES string of the molecule is CC(C)c1ccc(NC(=O)[C@@H]2CCCN(S(=O)(=O)c3ccc(F)cc3)C2)cc1. The highest BCUT2D eigenvalue weighted by Gasteiger charge is 2.33. The summed E-state index contributed by atoms with van der Waals surface area (Å²) in [5.41, 5.74) is 1.89. The highest BCUT2D eigenvalue weighted by molar-refractivity contribution is 7.89. The summed E-state index contributed by atoms with van der Waals surface area (Å²) in [6.07, 6.45) is 1.23. The smallest absolute Gasteiger partial charge is 0.243 e. The van der Waals surface area contributed by atoms with Crippen molar-refractivity contribution in [2.45, 2.75) is 37.5 Å². The second-order valence-corrected chi connectivity index (χ2v) is 9.36. The van der Waals surface area contributed by atoms with Crippen LogP contribution in [0.4, 0.5) is 10.1 Å². The number of nitrogens with one attached hydrogen (secondary N) is 1. The molecule has 0 aliphatic carbocycles. The van der Waals surface area contributed by atoms with Crippen LogP contribution < -0.4 is 5.32 Å². The maximum absolute atomic E-state index is 13.1. The minimum atomic E-state index is -3.75. The third-order valence-electron chi connectivity index (χ3n) is 5.05. The van der Waals surface area contributed by atoms with Crippen molar-refractivity contribution in [3.63, 3.8) is 0 Å². The van der Waals surface area contributed by atoms with Crippen LogP contribution in [-0.2, 0) is 14.8 Å². The van der Waals surface area contributed by atoms with Crippen molar-refractivity contribution in [3.05, 3.63) is 59.9 Å². The Morgan fingerprint density at radius 3 is 2.36 bits per heavy atom. The van der Waals surface area contributed by atoms with Crippen molar-refractivity contribution in [3.8, 4) is 0 Å². The van der Waals surface area contributed by atoms with Gasteiger partial charge >= 0.3 is 0 Å². The average Bonchev–Trinajstić information content (AvgIpc) is 2.69. The van der Waals surface area contributed by atoms with E-state index in [4.69, 9.17) is 0 Å². The fourth-order valence-electron chi connectivity index (χ4n) is 3.33. The lowest BCUT2D eigenvalue weighted by Gasteiger charge is -2.31. The first-order chi connectivity index (χ1) is 13.3. The van der Waals surface area contributed by atoms with Crippen molar-refractivity contribution >= 4 is 21.6 Å². The Morgan fingerprint density at radius 2 is 1.75 bits per heavy atom. The van der Waals surface area contributed by atoms with E-state index in [9.17, 15) is 17.6 Å². The Morgan fingerprint density at radius 1 is 1.11 bits per heavy atom. The fraction of sp³-hybridized carbons (Fsp3) is 0.381. The number of rotatable bonds is 5. The Balaban J connectivity index is 1.68. The Hall–Kier alpha value is -2.25. The fourth-order valence-corrected chi connectivity index (χ4v) is 4.85. The lowest BCUT2D eigenvalue weighted by atomic mass is 9.98. The summed E-state index contributed by atoms with van der Waals surface area (Å²) in [6.45, 7) is 4.68. The normalized spacial score (nSPS) is 18.2. The molecule has 1 saturated heterocycles. The predicted octanol–water partition coefficient (Wildman–Crippen LogP) is 3.99. The molecule has 0 spiro atoms. The van der Waals surface area contributed by atoms with Gasteiger partial charge in [0, 0.05) is 18.8 Å². The molecule has 28 heavy (non-hydrogen) atoms. The van der Waals surface area contributed by atoms with Gasteiger partial charge < -0.3 is 5.32 Å². The molecule has 1 amide bonds. The lowest BCUT2D eigenvalue weighted by molar-refractivity contribution is -0.120. The van der Waals surface area contributed by atoms with Gasteiger partial charge in [0.2, 0.25) is 15.9 Å². The van der Waals surface area contributed by atoms with Gasteiger partial charge in [-0.25, -0.2) is 12.8 Å². The maximum Gasteiger partial charge on any atom is 0.243 e. The molecule has 0 aromatic heterocycles. The average molecular weight is 405 g/mol. The standard InChI is InChI=1S/C21H25FN2O3S/c1-15(2)16-5-9-19(10-6-16)23-21(25)17-4-3-13-24(14-17)28(26,27)20-11-7-18(22)8-12-20/h5-12,15,17H,3-4,13-14H2,1-2H3,(H,23,25)/t17-/m1/s1. The molecule has 0 bridgehead atoms. The first kappa shape index (κ1) is 20.5. The third kappa shape index (κ3) is 4.59. The van der Waals surface area contributed by atoms with E-state index in [-0.39, 0.29) is 17.3 Å². The number of hydrogen-bond acceptors (Lipinski definition) is 3. The molecule has 0 saturated carbocycles. The van der Waals surface area contributed by atoms with Gasteiger partial charge in [-0.3, -0.25) is 4.79 Å². The summed E-state index contributed by atoms with van der Waals surface area (Å²) < 4.78 is 40.0. The number of benzene rings is 2. The Kier molecular flexibility index (Phi) is 6.15. The van der Waals surface area contributed by atoms with Gasteiger partial charge in [0.1, 0.15) is 5.82 Å². The number of anilines is 1. The van der Waals surface area contributed by atoms with Crippen LogP contribution in [-0.4, -0.2) is 31.7 Å². The highest BCUT2D eigenvalue weighted by Crippen LogP contribution is 2.25. The number of sulfonamides is 1. The summed E-state index contributed by atoms with van der Waals surface area (Å²) in [7, 11) is -3.75. The van der Waals surface area contributed by atoms with Crippen LogP contribution in [0.2, 0.25) is 0 Å². The van der Waals surface area contributed by atoms with Gasteiger partial charge in [-0.05, 0) is 60.7 Å². The van der Waals surface area contributed by atoms with E-state index in [1.807, 2.05) is 24.3 Å². The van der Waals surface area contributed by atoms with Crippen LogP contribution in [0.3, 0.4) is 0 Å². The molecule has 2 aromatic carbocycles. The first-order valence-corrected chi connectivity index (χ1v) is 10.9. The second-order valence-electron chi connectivity index (χ2n) is 7.42. The molecule has 5 nitrogen and oxygen atoms in total. The topological polar surface area (TPSA) is 66.5 Å². The van der Waals surface area contributed by atoms with Crippen LogP contribution in [0.15, 0.2) is 53.4 Å². The molecule has 3 rings (SSSR count). The van der Waals surface area contributed by atoms with Crippen LogP contribution in [0.25, 0.3) is 0 Å². The number of piperidine rings is 1. The summed E-state index contributed by atoms with van der Waals surface area (Å²) in [6, 6.07) is 12.4. The number of carbonyl (C=O) groups is 1. The third-order valence-corrected chi connectivity index (χ3v) is 6.93. The van der Waals surface area contributed by atoms with Crippen LogP contribution in [0.1, 0.15) is 38.2 Å². The van der Waals surface area contributed by atoms with Crippen molar-refractivity contribution in [2.24, 2.45) is 5.92 Å². The van der Waals surface area contributed by atoms with Crippen molar-refractivity contribution in [2.75, 3.05) is 18.4 Å². The minimum absolute atomic E-state index is 0.0410. The highest BCUT2D eigenvalue weighted by atomic mass is 32.2. The monoisotopic (exact) mass is 404 g/mol. The van der Waals surface area contributed by atoms with E-state index in [0.29, 0.717) is 31.0 Å². The van der Waals surface area contributed by atoms with Crippen molar-refractivity contribution in [1.29, 1.82) is 0 Å². The van der Waals surface area contributed by atoms with Gasteiger partial charge in [-0.15, -0.1) is 0 Å². The molecule has 7 heteroatoms. The molecular weight excluding hydrogens is 379 g/mol. The van der Waals surface area contributed by atoms with E-state index in [1.165, 1.54) is 22.0 Å². The van der Waals surface area contributed by atoms with Gasteiger partial charge in [-0.2, -0.15) is 4.31 Å². The zero-order chi connectivity index (χ0) is 20.3. The van der Waals surface area contributed by atoms with E-state index >= 15 is 0 Å². The summed E-state index contributed by atoms with van der Waals surface area (Å²) in [5, 5.41) is 2.89. The maximum atomic E-state index is 13.1. The number of hydrogen-bond donors (Lipinski definition) is 1. The van der Waals surface area contributed by atoms with Gasteiger partial charge in [-0.1, -0.05) is 26.0 Å². The van der Waals surface area contributed by atoms with Gasteiger partial charge in [0.05, 0.1) is 10.8 Å². The van der Waals surface area contributed by atoms with Crippen molar-refractivity contribution in [1.82, 2.24) is 4.31 Å². The van der Waals surface area contributed by atoms with E-state index < -0.39 is 21.8 Å². The predicted molar refractivity (Wildman–Crippen MR) is 107 cm³/mol. The van der Waals surface area contributed by atoms with Crippen molar-refractivity contribution < 1.29 is 17.6 Å². The molecule has 2 aromatic rings. The lowest BCUT2D eigenvalue weighted by Crippen LogP contribution is -2.43. The quantitative estimate of drug-likeness (QED) is 0.819. The minimum Gasteiger partial charge on any atom is -0.326 e. The molecule has 0 unspecified atom stereocenters. The van der Waals surface area contributed by atoms with Gasteiger partial charge in [0.15, 0.2) is 0 Å². The van der Waals surface area contributed by atoms with Crippen LogP contribution in [0.5, 0.6) is 0 Å². The summed E-state index contributed by atoms with van der Waals surface area (Å²) in [4.78, 5) is 12.7. The zero-order valence-corrected chi connectivity index (χ0v) is 16.9. The van der Waals surface area contributed by atoms with Gasteiger partial charge in [0.25, 0.3) is 0 Å². The molecule has 1 aliphatic rings. The molecule has 1 fully saturated rings. The number of amides is 1. The van der Waals surface area contributed by atoms with Crippen LogP contribution >= 0.6 is 0 Å². The molecule has 1 aliphatic heterocycles. The number of nitrogens with zero attached hydrogens (tertiary/aromatic N) is 1.